The molecule has 2 aromatic heterocycles. The van der Waals surface area contributed by atoms with E-state index in [4.69, 9.17) is 33.2 Å². The van der Waals surface area contributed by atoms with Crippen molar-refractivity contribution in [1.82, 2.24) is 24.6 Å². The van der Waals surface area contributed by atoms with E-state index in [1.165, 1.54) is 24.1 Å². The van der Waals surface area contributed by atoms with E-state index in [-0.39, 0.29) is 24.0 Å². The zero-order valence-electron chi connectivity index (χ0n) is 36.7. The lowest BCUT2D eigenvalue weighted by molar-refractivity contribution is -0.118. The summed E-state index contributed by atoms with van der Waals surface area (Å²) in [5, 5.41) is 30.1. The lowest BCUT2D eigenvalue weighted by Crippen LogP contribution is -2.44. The summed E-state index contributed by atoms with van der Waals surface area (Å²) in [5.74, 6) is 2.01. The van der Waals surface area contributed by atoms with E-state index in [9.17, 15) is 19.6 Å². The second kappa shape index (κ2) is 19.9. The van der Waals surface area contributed by atoms with Crippen LogP contribution in [0.5, 0.6) is 11.5 Å². The van der Waals surface area contributed by atoms with Gasteiger partial charge in [-0.3, -0.25) is 18.4 Å². The Morgan fingerprint density at radius 3 is 2.06 bits per heavy atom. The summed E-state index contributed by atoms with van der Waals surface area (Å²) in [6.45, 7) is 6.85. The normalized spacial score (nSPS) is 19.9. The maximum Gasteiger partial charge on any atom is 0.405 e. The van der Waals surface area contributed by atoms with Crippen LogP contribution >= 0.6 is 19.5 Å². The summed E-state index contributed by atoms with van der Waals surface area (Å²) in [6.07, 6.45) is -0.339. The van der Waals surface area contributed by atoms with Gasteiger partial charge in [0.1, 0.15) is 41.2 Å². The van der Waals surface area contributed by atoms with Crippen LogP contribution in [0.3, 0.4) is 0 Å². The van der Waals surface area contributed by atoms with Crippen LogP contribution in [0.2, 0.25) is 0 Å². The van der Waals surface area contributed by atoms with Gasteiger partial charge in [-0.15, -0.1) is 0 Å². The maximum atomic E-state index is 14.2. The number of benzene rings is 4. The quantitative estimate of drug-likeness (QED) is 0.0329. The first-order valence-electron chi connectivity index (χ1n) is 21.0. The molecule has 338 valence electrons. The Bertz CT molecular complexity index is 2480. The predicted octanol–water partition coefficient (Wildman–Crippen LogP) is 7.88. The zero-order valence-corrected chi connectivity index (χ0v) is 38.4. The van der Waals surface area contributed by atoms with Crippen molar-refractivity contribution in [1.29, 1.82) is 0 Å². The van der Waals surface area contributed by atoms with Crippen LogP contribution in [0.15, 0.2) is 122 Å². The minimum atomic E-state index is -4.05. The molecule has 4 N–H and O–H groups in total. The highest BCUT2D eigenvalue weighted by Gasteiger charge is 2.54. The predicted molar refractivity (Wildman–Crippen MR) is 246 cm³/mol. The maximum absolute atomic E-state index is 14.2. The fourth-order valence-corrected chi connectivity index (χ4v) is 9.79. The molecule has 7 rings (SSSR count). The van der Waals surface area contributed by atoms with Crippen molar-refractivity contribution in [2.45, 2.75) is 70.2 Å². The zero-order chi connectivity index (χ0) is 45.5. The van der Waals surface area contributed by atoms with Gasteiger partial charge in [0.15, 0.2) is 28.3 Å². The Labute approximate surface area is 377 Å². The molecule has 1 aliphatic rings. The van der Waals surface area contributed by atoms with Crippen molar-refractivity contribution in [2.24, 2.45) is 5.41 Å². The summed E-state index contributed by atoms with van der Waals surface area (Å²) >= 11 is 1.11. The number of methoxy groups -OCH3 is 2. The molecule has 0 radical (unpaired) electrons. The Balaban J connectivity index is 1.17. The van der Waals surface area contributed by atoms with E-state index in [2.05, 4.69) is 15.4 Å². The number of carbonyl (C=O) groups is 1. The number of anilines is 1. The van der Waals surface area contributed by atoms with E-state index >= 15 is 0 Å². The minimum Gasteiger partial charge on any atom is -0.497 e. The highest BCUT2D eigenvalue weighted by atomic mass is 32.2. The summed E-state index contributed by atoms with van der Waals surface area (Å²) in [5.41, 5.74) is 0.700. The Morgan fingerprint density at radius 2 is 1.47 bits per heavy atom. The minimum absolute atomic E-state index is 0.00698. The molecule has 3 heterocycles. The molecule has 0 aliphatic carbocycles. The average Bonchev–Trinajstić information content (AvgIpc) is 3.85. The second-order valence-electron chi connectivity index (χ2n) is 16.3. The third kappa shape index (κ3) is 9.89. The largest absolute Gasteiger partial charge is 0.497 e. The van der Waals surface area contributed by atoms with Gasteiger partial charge >= 0.3 is 7.75 Å². The number of aromatic nitrogens is 4. The molecule has 4 aromatic carbocycles. The summed E-state index contributed by atoms with van der Waals surface area (Å²) < 4.78 is 44.9. The van der Waals surface area contributed by atoms with Crippen LogP contribution in [0.1, 0.15) is 62.6 Å². The number of hydrogen-bond acceptors (Lipinski definition) is 14. The van der Waals surface area contributed by atoms with Crippen molar-refractivity contribution >= 4 is 41.6 Å². The molecule has 5 atom stereocenters. The molecule has 1 aliphatic heterocycles. The van der Waals surface area contributed by atoms with E-state index in [0.717, 1.165) is 34.0 Å². The monoisotopic (exact) mass is 910 g/mol. The summed E-state index contributed by atoms with van der Waals surface area (Å²) in [7, 11) is -0.816. The first-order valence-corrected chi connectivity index (χ1v) is 23.5. The fraction of sp³-hybridized carbons (Fsp3) is 0.362. The number of nitrogens with one attached hydrogen (secondary N) is 2. The Hall–Kier alpha value is -5.16. The van der Waals surface area contributed by atoms with Gasteiger partial charge in [0.05, 0.1) is 33.8 Å². The van der Waals surface area contributed by atoms with Crippen LogP contribution in [0, 0.1) is 5.41 Å². The number of aliphatic hydroxyl groups excluding tert-OH is 1. The molecule has 64 heavy (non-hydrogen) atoms. The standard InChI is InChI=1S/C47H55N6O9PS/c1-7-45(2,3)44(55)64-27-26-60-63(57,51-28-32-14-10-8-11-15-32)61-29-38-40(54)46(4,56)43(62-38)53-31-50-39-41(48-30-49-42(39)53)52-47(33-16-12-9-13-17-33,34-18-22-36(58-5)23-19-34)35-20-24-37(59-6)25-21-35/h8-25,30-31,38,40,43,54,56H,7,26-29H2,1-6H3,(H,51,57)(H,48,49,52)/t38-,40+,43-,46?,63?/m1/s1. The molecule has 15 nitrogen and oxygen atoms in total. The van der Waals surface area contributed by atoms with E-state index < -0.39 is 49.3 Å². The van der Waals surface area contributed by atoms with Crippen LogP contribution in [-0.4, -0.2) is 85.8 Å². The van der Waals surface area contributed by atoms with Crippen LogP contribution in [0.25, 0.3) is 11.2 Å². The molecular formula is C47H55N6O9PS. The van der Waals surface area contributed by atoms with Gasteiger partial charge in [-0.1, -0.05) is 117 Å². The Morgan fingerprint density at radius 1 is 0.875 bits per heavy atom. The summed E-state index contributed by atoms with van der Waals surface area (Å²) in [4.78, 5) is 26.8. The first-order chi connectivity index (χ1) is 30.7. The first kappa shape index (κ1) is 46.8. The number of imidazole rings is 1. The van der Waals surface area contributed by atoms with Gasteiger partial charge in [0.2, 0.25) is 0 Å². The Kier molecular flexibility index (Phi) is 14.6. The van der Waals surface area contributed by atoms with Crippen molar-refractivity contribution in [2.75, 3.05) is 38.5 Å². The highest BCUT2D eigenvalue weighted by molar-refractivity contribution is 8.13. The van der Waals surface area contributed by atoms with Gasteiger partial charge in [0.25, 0.3) is 0 Å². The van der Waals surface area contributed by atoms with Gasteiger partial charge in [-0.2, -0.15) is 0 Å². The van der Waals surface area contributed by atoms with Crippen molar-refractivity contribution in [3.63, 3.8) is 0 Å². The van der Waals surface area contributed by atoms with E-state index in [0.29, 0.717) is 34.9 Å². The van der Waals surface area contributed by atoms with Gasteiger partial charge in [0, 0.05) is 17.7 Å². The summed E-state index contributed by atoms with van der Waals surface area (Å²) in [6, 6.07) is 34.8. The van der Waals surface area contributed by atoms with Gasteiger partial charge in [-0.25, -0.2) is 24.6 Å². The molecule has 0 amide bonds. The molecule has 0 spiro atoms. The van der Waals surface area contributed by atoms with Gasteiger partial charge < -0.3 is 29.7 Å². The molecule has 6 aromatic rings. The molecular weight excluding hydrogens is 856 g/mol. The highest BCUT2D eigenvalue weighted by Crippen LogP contribution is 2.48. The molecule has 0 saturated carbocycles. The second-order valence-corrected chi connectivity index (χ2v) is 19.2. The SMILES string of the molecule is CCC(C)(C)C(=O)SCCOP(=O)(NCc1ccccc1)OC[C@H]1O[C@@H](n2cnc3c(NC(c4ccccc4)(c4ccc(OC)cc4)c4ccc(OC)cc4)ncnc32)C(C)(O)[C@H]1O. The molecule has 1 saturated heterocycles. The number of fused-ring (bicyclic) bond motifs is 1. The van der Waals surface area contributed by atoms with Crippen molar-refractivity contribution in [3.8, 4) is 11.5 Å². The van der Waals surface area contributed by atoms with Crippen LogP contribution < -0.4 is 19.9 Å². The number of nitrogens with zero attached hydrogens (tertiary/aromatic N) is 4. The number of rotatable bonds is 20. The van der Waals surface area contributed by atoms with Crippen molar-refractivity contribution in [3.05, 3.63) is 144 Å². The van der Waals surface area contributed by atoms with Crippen molar-refractivity contribution < 1.29 is 42.8 Å². The lowest BCUT2D eigenvalue weighted by atomic mass is 9.77. The van der Waals surface area contributed by atoms with Gasteiger partial charge in [-0.05, 0) is 59.9 Å². The third-order valence-electron chi connectivity index (χ3n) is 11.7. The molecule has 1 fully saturated rings. The number of ether oxygens (including phenoxy) is 3. The molecule has 0 bridgehead atoms. The number of carbonyl (C=O) groups excluding carboxylic acids is 1. The third-order valence-corrected chi connectivity index (χ3v) is 14.4. The molecule has 17 heteroatoms. The lowest BCUT2D eigenvalue weighted by Gasteiger charge is -2.37. The number of aliphatic hydroxyl groups is 2. The smallest absolute Gasteiger partial charge is 0.405 e. The van der Waals surface area contributed by atoms with E-state index in [1.807, 2.05) is 130 Å². The van der Waals surface area contributed by atoms with Crippen LogP contribution in [-0.2, 0) is 35.2 Å². The topological polar surface area (TPSA) is 188 Å². The fourth-order valence-electron chi connectivity index (χ4n) is 7.47. The number of hydrogen-bond donors (Lipinski definition) is 4. The van der Waals surface area contributed by atoms with Crippen LogP contribution in [0.4, 0.5) is 5.82 Å². The van der Waals surface area contributed by atoms with E-state index in [1.54, 1.807) is 14.2 Å². The number of thioether (sulfide) groups is 1. The average molecular weight is 911 g/mol. The molecule has 2 unspecified atom stereocenters.